The molecule has 0 atom stereocenters. The summed E-state index contributed by atoms with van der Waals surface area (Å²) in [6, 6.07) is 6.08. The quantitative estimate of drug-likeness (QED) is 0.639. The Hall–Kier alpha value is -2.19. The summed E-state index contributed by atoms with van der Waals surface area (Å²) < 4.78 is 25.9. The molecule has 3 rings (SSSR count). The standard InChI is InChI=1S/C13H14N4.CH4O3S/c1-2-6-14-11-5-7-15-10-4-3-9-8-16-17-13(9)12(10)11;1-5(2,3)4/h3-5,7-8H,2,6H2,1H3,(H,14,15)(H,16,17);1H3,(H,2,3,4). The number of aromatic amines is 1. The molecular formula is C14H18N4O3S. The fraction of sp³-hybridized carbons (Fsp3) is 0.286. The third-order valence-corrected chi connectivity index (χ3v) is 2.89. The Labute approximate surface area is 128 Å². The summed E-state index contributed by atoms with van der Waals surface area (Å²) in [6.45, 7) is 3.12. The number of H-pyrrole nitrogens is 1. The van der Waals surface area contributed by atoms with E-state index in [-0.39, 0.29) is 0 Å². The summed E-state index contributed by atoms with van der Waals surface area (Å²) in [5.74, 6) is 0. The smallest absolute Gasteiger partial charge is 0.261 e. The van der Waals surface area contributed by atoms with Gasteiger partial charge in [0.15, 0.2) is 0 Å². The van der Waals surface area contributed by atoms with Gasteiger partial charge in [0.25, 0.3) is 10.1 Å². The van der Waals surface area contributed by atoms with Gasteiger partial charge in [0.2, 0.25) is 0 Å². The van der Waals surface area contributed by atoms with E-state index in [0.717, 1.165) is 40.5 Å². The monoisotopic (exact) mass is 322 g/mol. The molecule has 0 bridgehead atoms. The third kappa shape index (κ3) is 4.15. The fourth-order valence-corrected chi connectivity index (χ4v) is 2.06. The van der Waals surface area contributed by atoms with Crippen LogP contribution in [-0.4, -0.2) is 41.0 Å². The van der Waals surface area contributed by atoms with Gasteiger partial charge < -0.3 is 5.32 Å². The maximum absolute atomic E-state index is 9.19. The van der Waals surface area contributed by atoms with Crippen LogP contribution < -0.4 is 5.32 Å². The Morgan fingerprint density at radius 2 is 2.05 bits per heavy atom. The first-order valence-corrected chi connectivity index (χ1v) is 8.62. The minimum atomic E-state index is -3.67. The zero-order valence-corrected chi connectivity index (χ0v) is 13.2. The lowest BCUT2D eigenvalue weighted by Gasteiger charge is -2.08. The average molecular weight is 322 g/mol. The van der Waals surface area contributed by atoms with Crippen LogP contribution in [0.15, 0.2) is 30.6 Å². The SMILES string of the molecule is CCCNc1ccnc2ccc3cn[nH]c3c12.CS(=O)(=O)O. The highest BCUT2D eigenvalue weighted by molar-refractivity contribution is 7.85. The minimum absolute atomic E-state index is 0.715. The second kappa shape index (κ2) is 6.71. The number of nitrogens with one attached hydrogen (secondary N) is 2. The first-order chi connectivity index (χ1) is 10.4. The third-order valence-electron chi connectivity index (χ3n) is 2.89. The van der Waals surface area contributed by atoms with E-state index >= 15 is 0 Å². The lowest BCUT2D eigenvalue weighted by Crippen LogP contribution is -2.00. The van der Waals surface area contributed by atoms with Gasteiger partial charge in [-0.15, -0.1) is 0 Å². The van der Waals surface area contributed by atoms with E-state index in [0.29, 0.717) is 6.26 Å². The first-order valence-electron chi connectivity index (χ1n) is 6.77. The molecule has 0 aliphatic rings. The maximum atomic E-state index is 9.19. The van der Waals surface area contributed by atoms with Crippen molar-refractivity contribution in [2.75, 3.05) is 18.1 Å². The topological polar surface area (TPSA) is 108 Å². The van der Waals surface area contributed by atoms with Crippen LogP contribution in [0.4, 0.5) is 5.69 Å². The number of hydrogen-bond donors (Lipinski definition) is 3. The van der Waals surface area contributed by atoms with Crippen LogP contribution in [0.25, 0.3) is 21.8 Å². The molecule has 0 spiro atoms. The van der Waals surface area contributed by atoms with E-state index < -0.39 is 10.1 Å². The predicted octanol–water partition coefficient (Wildman–Crippen LogP) is 2.44. The normalized spacial score (nSPS) is 11.2. The largest absolute Gasteiger partial charge is 0.384 e. The van der Waals surface area contributed by atoms with Crippen molar-refractivity contribution in [2.45, 2.75) is 13.3 Å². The van der Waals surface area contributed by atoms with Crippen molar-refractivity contribution in [3.05, 3.63) is 30.6 Å². The van der Waals surface area contributed by atoms with Crippen molar-refractivity contribution in [2.24, 2.45) is 0 Å². The molecule has 1 aromatic carbocycles. The number of benzene rings is 1. The van der Waals surface area contributed by atoms with Crippen LogP contribution in [0, 0.1) is 0 Å². The highest BCUT2D eigenvalue weighted by Crippen LogP contribution is 2.28. The highest BCUT2D eigenvalue weighted by Gasteiger charge is 2.07. The van der Waals surface area contributed by atoms with Gasteiger partial charge in [0, 0.05) is 29.2 Å². The van der Waals surface area contributed by atoms with Gasteiger partial charge in [0.1, 0.15) is 0 Å². The highest BCUT2D eigenvalue weighted by atomic mass is 32.2. The molecule has 7 nitrogen and oxygen atoms in total. The van der Waals surface area contributed by atoms with Crippen LogP contribution in [0.5, 0.6) is 0 Å². The number of nitrogens with zero attached hydrogens (tertiary/aromatic N) is 2. The van der Waals surface area contributed by atoms with Gasteiger partial charge in [-0.25, -0.2) is 0 Å². The Bertz CT molecular complexity index is 866. The number of fused-ring (bicyclic) bond motifs is 3. The Kier molecular flexibility index (Phi) is 4.94. The molecule has 8 heteroatoms. The number of rotatable bonds is 3. The van der Waals surface area contributed by atoms with Gasteiger partial charge in [-0.1, -0.05) is 6.92 Å². The number of hydrogen-bond acceptors (Lipinski definition) is 5. The van der Waals surface area contributed by atoms with Gasteiger partial charge in [-0.2, -0.15) is 13.5 Å². The van der Waals surface area contributed by atoms with E-state index in [9.17, 15) is 8.42 Å². The van der Waals surface area contributed by atoms with E-state index in [1.165, 1.54) is 0 Å². The molecule has 0 saturated heterocycles. The Morgan fingerprint density at radius 3 is 2.73 bits per heavy atom. The Morgan fingerprint density at radius 1 is 1.32 bits per heavy atom. The van der Waals surface area contributed by atoms with E-state index in [1.807, 2.05) is 30.6 Å². The van der Waals surface area contributed by atoms with E-state index in [1.54, 1.807) is 0 Å². The molecule has 2 aromatic heterocycles. The van der Waals surface area contributed by atoms with Crippen molar-refractivity contribution in [1.82, 2.24) is 15.2 Å². The molecule has 0 fully saturated rings. The molecule has 0 radical (unpaired) electrons. The summed E-state index contributed by atoms with van der Waals surface area (Å²) in [7, 11) is -3.67. The zero-order chi connectivity index (χ0) is 16.2. The number of aromatic nitrogens is 3. The maximum Gasteiger partial charge on any atom is 0.261 e. The van der Waals surface area contributed by atoms with Crippen molar-refractivity contribution in [3.63, 3.8) is 0 Å². The summed E-state index contributed by atoms with van der Waals surface area (Å²) in [5.41, 5.74) is 3.16. The molecular weight excluding hydrogens is 304 g/mol. The van der Waals surface area contributed by atoms with Gasteiger partial charge in [0.05, 0.1) is 23.5 Å². The van der Waals surface area contributed by atoms with Crippen LogP contribution in [0.1, 0.15) is 13.3 Å². The predicted molar refractivity (Wildman–Crippen MR) is 87.6 cm³/mol. The first kappa shape index (κ1) is 16.2. The van der Waals surface area contributed by atoms with Crippen molar-refractivity contribution < 1.29 is 13.0 Å². The second-order valence-electron chi connectivity index (χ2n) is 4.81. The molecule has 3 N–H and O–H groups in total. The lowest BCUT2D eigenvalue weighted by atomic mass is 10.1. The Balaban J connectivity index is 0.000000309. The summed E-state index contributed by atoms with van der Waals surface area (Å²) in [5, 5.41) is 12.8. The molecule has 118 valence electrons. The molecule has 0 amide bonds. The van der Waals surface area contributed by atoms with E-state index in [4.69, 9.17) is 4.55 Å². The van der Waals surface area contributed by atoms with Gasteiger partial charge in [-0.05, 0) is 24.6 Å². The summed E-state index contributed by atoms with van der Waals surface area (Å²) in [4.78, 5) is 4.39. The van der Waals surface area contributed by atoms with Crippen molar-refractivity contribution >= 4 is 37.6 Å². The van der Waals surface area contributed by atoms with Crippen LogP contribution in [-0.2, 0) is 10.1 Å². The van der Waals surface area contributed by atoms with Crippen LogP contribution >= 0.6 is 0 Å². The van der Waals surface area contributed by atoms with Crippen molar-refractivity contribution in [3.8, 4) is 0 Å². The molecule has 0 unspecified atom stereocenters. The van der Waals surface area contributed by atoms with Crippen molar-refractivity contribution in [1.29, 1.82) is 0 Å². The van der Waals surface area contributed by atoms with Gasteiger partial charge >= 0.3 is 0 Å². The molecule has 0 aliphatic carbocycles. The number of anilines is 1. The second-order valence-corrected chi connectivity index (χ2v) is 6.28. The molecule has 2 heterocycles. The fourth-order valence-electron chi connectivity index (χ4n) is 2.06. The minimum Gasteiger partial charge on any atom is -0.384 e. The lowest BCUT2D eigenvalue weighted by molar-refractivity contribution is 0.490. The summed E-state index contributed by atoms with van der Waals surface area (Å²) >= 11 is 0. The zero-order valence-electron chi connectivity index (χ0n) is 12.4. The molecule has 0 aliphatic heterocycles. The molecule has 0 saturated carbocycles. The number of pyridine rings is 1. The van der Waals surface area contributed by atoms with Crippen LogP contribution in [0.3, 0.4) is 0 Å². The van der Waals surface area contributed by atoms with Gasteiger partial charge in [-0.3, -0.25) is 14.6 Å². The van der Waals surface area contributed by atoms with E-state index in [2.05, 4.69) is 27.4 Å². The van der Waals surface area contributed by atoms with Crippen LogP contribution in [0.2, 0.25) is 0 Å². The average Bonchev–Trinajstić information content (AvgIpc) is 2.91. The summed E-state index contributed by atoms with van der Waals surface area (Å²) in [6.07, 6.45) is 5.49. The molecule has 3 aromatic rings. The molecule has 22 heavy (non-hydrogen) atoms.